The molecule has 1 amide bonds. The average molecular weight is 310 g/mol. The minimum Gasteiger partial charge on any atom is -0.368 e. The molecular formula is C19H22N2O2. The first kappa shape index (κ1) is 15.7. The molecule has 1 aliphatic carbocycles. The molecule has 1 aromatic heterocycles. The van der Waals surface area contributed by atoms with Gasteiger partial charge in [-0.1, -0.05) is 18.2 Å². The number of pyridine rings is 1. The highest BCUT2D eigenvalue weighted by Gasteiger charge is 2.40. The number of hydrogen-bond donors (Lipinski definition) is 1. The van der Waals surface area contributed by atoms with Crippen molar-refractivity contribution in [2.24, 2.45) is 0 Å². The van der Waals surface area contributed by atoms with Gasteiger partial charge < -0.3 is 10.1 Å². The molecule has 4 heteroatoms. The summed E-state index contributed by atoms with van der Waals surface area (Å²) in [6.45, 7) is 0.517. The molecule has 1 aliphatic rings. The van der Waals surface area contributed by atoms with E-state index >= 15 is 0 Å². The fraction of sp³-hybridized carbons (Fsp3) is 0.368. The molecular weight excluding hydrogens is 288 g/mol. The first-order chi connectivity index (χ1) is 11.2. The third-order valence-electron chi connectivity index (χ3n) is 4.61. The lowest BCUT2D eigenvalue weighted by atomic mass is 10.0. The highest BCUT2D eigenvalue weighted by Crippen LogP contribution is 2.32. The fourth-order valence-corrected chi connectivity index (χ4v) is 3.22. The molecule has 1 aromatic carbocycles. The van der Waals surface area contributed by atoms with Crippen molar-refractivity contribution in [2.75, 3.05) is 7.11 Å². The Bertz CT molecular complexity index is 664. The molecule has 3 rings (SSSR count). The van der Waals surface area contributed by atoms with E-state index in [0.29, 0.717) is 6.54 Å². The molecule has 0 aliphatic heterocycles. The van der Waals surface area contributed by atoms with Gasteiger partial charge >= 0.3 is 0 Å². The second-order valence-corrected chi connectivity index (χ2v) is 6.02. The van der Waals surface area contributed by atoms with Crippen molar-refractivity contribution in [1.29, 1.82) is 0 Å². The van der Waals surface area contributed by atoms with Gasteiger partial charge in [-0.3, -0.25) is 9.78 Å². The monoisotopic (exact) mass is 310 g/mol. The zero-order valence-electron chi connectivity index (χ0n) is 13.4. The van der Waals surface area contributed by atoms with Crippen LogP contribution < -0.4 is 5.32 Å². The largest absolute Gasteiger partial charge is 0.368 e. The van der Waals surface area contributed by atoms with Crippen LogP contribution in [0.25, 0.3) is 11.1 Å². The summed E-state index contributed by atoms with van der Waals surface area (Å²) in [4.78, 5) is 16.5. The van der Waals surface area contributed by atoms with Crippen molar-refractivity contribution in [3.63, 3.8) is 0 Å². The molecule has 23 heavy (non-hydrogen) atoms. The van der Waals surface area contributed by atoms with Crippen LogP contribution in [-0.4, -0.2) is 23.6 Å². The third kappa shape index (κ3) is 3.42. The molecule has 4 nitrogen and oxygen atoms in total. The second kappa shape index (κ2) is 6.92. The smallest absolute Gasteiger partial charge is 0.252 e. The van der Waals surface area contributed by atoms with E-state index < -0.39 is 5.60 Å². The predicted octanol–water partition coefficient (Wildman–Crippen LogP) is 3.32. The van der Waals surface area contributed by atoms with Crippen LogP contribution >= 0.6 is 0 Å². The number of hydrogen-bond acceptors (Lipinski definition) is 3. The minimum atomic E-state index is -0.622. The molecule has 0 spiro atoms. The Morgan fingerprint density at radius 3 is 2.61 bits per heavy atom. The van der Waals surface area contributed by atoms with Crippen LogP contribution in [0.4, 0.5) is 0 Å². The van der Waals surface area contributed by atoms with Gasteiger partial charge in [0.15, 0.2) is 0 Å². The maximum Gasteiger partial charge on any atom is 0.252 e. The summed E-state index contributed by atoms with van der Waals surface area (Å²) >= 11 is 0. The molecule has 0 bridgehead atoms. The first-order valence-corrected chi connectivity index (χ1v) is 8.06. The lowest BCUT2D eigenvalue weighted by Crippen LogP contribution is -2.45. The Hall–Kier alpha value is -2.20. The van der Waals surface area contributed by atoms with Crippen LogP contribution in [0.1, 0.15) is 31.2 Å². The van der Waals surface area contributed by atoms with Crippen LogP contribution in [-0.2, 0) is 16.1 Å². The van der Waals surface area contributed by atoms with Gasteiger partial charge in [0.1, 0.15) is 5.60 Å². The molecule has 120 valence electrons. The predicted molar refractivity (Wildman–Crippen MR) is 89.7 cm³/mol. The summed E-state index contributed by atoms with van der Waals surface area (Å²) in [5, 5.41) is 3.04. The second-order valence-electron chi connectivity index (χ2n) is 6.02. The van der Waals surface area contributed by atoms with Gasteiger partial charge in [0, 0.05) is 26.0 Å². The summed E-state index contributed by atoms with van der Waals surface area (Å²) in [6.07, 6.45) is 7.30. The number of carbonyl (C=O) groups excluding carboxylic acids is 1. The van der Waals surface area contributed by atoms with Gasteiger partial charge in [-0.25, -0.2) is 0 Å². The van der Waals surface area contributed by atoms with E-state index in [9.17, 15) is 4.79 Å². The van der Waals surface area contributed by atoms with Gasteiger partial charge in [-0.2, -0.15) is 0 Å². The minimum absolute atomic E-state index is 0.00631. The van der Waals surface area contributed by atoms with E-state index in [2.05, 4.69) is 22.4 Å². The number of aromatic nitrogens is 1. The summed E-state index contributed by atoms with van der Waals surface area (Å²) in [6, 6.07) is 12.2. The zero-order chi connectivity index (χ0) is 16.1. The summed E-state index contributed by atoms with van der Waals surface area (Å²) < 4.78 is 5.52. The molecule has 0 unspecified atom stereocenters. The molecule has 0 atom stereocenters. The van der Waals surface area contributed by atoms with Gasteiger partial charge in [0.25, 0.3) is 5.91 Å². The van der Waals surface area contributed by atoms with Crippen molar-refractivity contribution < 1.29 is 9.53 Å². The van der Waals surface area contributed by atoms with Crippen LogP contribution in [0.3, 0.4) is 0 Å². The van der Waals surface area contributed by atoms with Gasteiger partial charge in [-0.05, 0) is 60.6 Å². The van der Waals surface area contributed by atoms with E-state index in [1.165, 1.54) is 0 Å². The van der Waals surface area contributed by atoms with Crippen molar-refractivity contribution in [3.05, 3.63) is 54.4 Å². The SMILES string of the molecule is COC1(C(=O)NCc2cccc(-c3ccncc3)c2)CCCC1. The molecule has 0 saturated heterocycles. The lowest BCUT2D eigenvalue weighted by Gasteiger charge is -2.26. The van der Waals surface area contributed by atoms with Gasteiger partial charge in [0.2, 0.25) is 0 Å². The van der Waals surface area contributed by atoms with Gasteiger partial charge in [-0.15, -0.1) is 0 Å². The first-order valence-electron chi connectivity index (χ1n) is 8.06. The van der Waals surface area contributed by atoms with E-state index in [0.717, 1.165) is 42.4 Å². The van der Waals surface area contributed by atoms with E-state index in [1.807, 2.05) is 24.3 Å². The topological polar surface area (TPSA) is 51.2 Å². The molecule has 1 saturated carbocycles. The fourth-order valence-electron chi connectivity index (χ4n) is 3.22. The molecule has 2 aromatic rings. The maximum atomic E-state index is 12.5. The normalized spacial score (nSPS) is 16.2. The third-order valence-corrected chi connectivity index (χ3v) is 4.61. The Kier molecular flexibility index (Phi) is 4.72. The van der Waals surface area contributed by atoms with Crippen LogP contribution in [0.15, 0.2) is 48.8 Å². The lowest BCUT2D eigenvalue weighted by molar-refractivity contribution is -0.142. The number of benzene rings is 1. The number of nitrogens with zero attached hydrogens (tertiary/aromatic N) is 1. The van der Waals surface area contributed by atoms with Crippen molar-refractivity contribution >= 4 is 5.91 Å². The van der Waals surface area contributed by atoms with E-state index in [1.54, 1.807) is 19.5 Å². The van der Waals surface area contributed by atoms with Crippen molar-refractivity contribution in [3.8, 4) is 11.1 Å². The summed E-state index contributed by atoms with van der Waals surface area (Å²) in [5.74, 6) is 0.00631. The Labute approximate surface area is 136 Å². The summed E-state index contributed by atoms with van der Waals surface area (Å²) in [7, 11) is 1.63. The highest BCUT2D eigenvalue weighted by molar-refractivity contribution is 5.85. The molecule has 0 radical (unpaired) electrons. The summed E-state index contributed by atoms with van der Waals surface area (Å²) in [5.41, 5.74) is 2.71. The van der Waals surface area contributed by atoms with E-state index in [4.69, 9.17) is 4.74 Å². The zero-order valence-corrected chi connectivity index (χ0v) is 13.4. The Morgan fingerprint density at radius 1 is 1.17 bits per heavy atom. The maximum absolute atomic E-state index is 12.5. The number of carbonyl (C=O) groups is 1. The number of amides is 1. The standard InChI is InChI=1S/C19H22N2O2/c1-23-19(9-2-3-10-19)18(22)21-14-15-5-4-6-17(13-15)16-7-11-20-12-8-16/h4-8,11-13H,2-3,9-10,14H2,1H3,(H,21,22). The van der Waals surface area contributed by atoms with Crippen LogP contribution in [0.2, 0.25) is 0 Å². The molecule has 1 fully saturated rings. The molecule has 1 heterocycles. The number of ether oxygens (including phenoxy) is 1. The van der Waals surface area contributed by atoms with Crippen LogP contribution in [0, 0.1) is 0 Å². The number of rotatable bonds is 5. The van der Waals surface area contributed by atoms with E-state index in [-0.39, 0.29) is 5.91 Å². The number of nitrogens with one attached hydrogen (secondary N) is 1. The highest BCUT2D eigenvalue weighted by atomic mass is 16.5. The van der Waals surface area contributed by atoms with Crippen LogP contribution in [0.5, 0.6) is 0 Å². The van der Waals surface area contributed by atoms with Crippen molar-refractivity contribution in [2.45, 2.75) is 37.8 Å². The quantitative estimate of drug-likeness (QED) is 0.921. The van der Waals surface area contributed by atoms with Gasteiger partial charge in [0.05, 0.1) is 0 Å². The van der Waals surface area contributed by atoms with Crippen molar-refractivity contribution in [1.82, 2.24) is 10.3 Å². The number of methoxy groups -OCH3 is 1. The average Bonchev–Trinajstić information content (AvgIpc) is 3.11. The Morgan fingerprint density at radius 2 is 1.91 bits per heavy atom. The molecule has 1 N–H and O–H groups in total. The Balaban J connectivity index is 1.68.